The standard InChI is InChI=1S/3C24H23N5O2/c3*1-2-4-17(5-3-1)22-15-31-16-23-27-20-7-6-18(12-21(20)29(22)23)19-13-25-24(26-14-19)28-8-10-30-11-9-28/h3*1-7,12-14,22H,8-11,15-16H2/t2*22-;/m10./s1. The monoisotopic (exact) mass is 1240 g/mol. The molecule has 12 heterocycles. The van der Waals surface area contributed by atoms with Crippen LogP contribution in [0.3, 0.4) is 0 Å². The average Bonchev–Trinajstić information content (AvgIpc) is 1.66. The topological polar surface area (TPSA) is 196 Å². The summed E-state index contributed by atoms with van der Waals surface area (Å²) in [5.41, 5.74) is 16.2. The fourth-order valence-corrected chi connectivity index (χ4v) is 13.3. The molecular formula is C72H69N15O6. The highest BCUT2D eigenvalue weighted by Gasteiger charge is 2.29. The van der Waals surface area contributed by atoms with Crippen LogP contribution < -0.4 is 14.7 Å². The minimum atomic E-state index is 0.116. The van der Waals surface area contributed by atoms with Gasteiger partial charge in [-0.3, -0.25) is 0 Å². The second-order valence-corrected chi connectivity index (χ2v) is 23.7. The zero-order valence-corrected chi connectivity index (χ0v) is 51.4. The Labute approximate surface area is 537 Å². The van der Waals surface area contributed by atoms with Gasteiger partial charge in [-0.2, -0.15) is 0 Å². The molecule has 12 aromatic rings. The van der Waals surface area contributed by atoms with Gasteiger partial charge in [-0.25, -0.2) is 44.9 Å². The van der Waals surface area contributed by atoms with Crippen molar-refractivity contribution in [3.63, 3.8) is 0 Å². The molecule has 21 nitrogen and oxygen atoms in total. The first-order chi connectivity index (χ1) is 46.1. The van der Waals surface area contributed by atoms with E-state index >= 15 is 0 Å². The second-order valence-electron chi connectivity index (χ2n) is 23.7. The molecule has 0 aliphatic carbocycles. The number of aromatic nitrogens is 12. The van der Waals surface area contributed by atoms with Crippen LogP contribution in [0.1, 0.15) is 52.3 Å². The van der Waals surface area contributed by atoms with Crippen molar-refractivity contribution >= 4 is 50.9 Å². The van der Waals surface area contributed by atoms with Gasteiger partial charge in [-0.15, -0.1) is 0 Å². The van der Waals surface area contributed by atoms with Crippen LogP contribution >= 0.6 is 0 Å². The zero-order valence-electron chi connectivity index (χ0n) is 51.4. The summed E-state index contributed by atoms with van der Waals surface area (Å²) in [6, 6.07) is 50.9. The number of hydrogen-bond donors (Lipinski definition) is 0. The van der Waals surface area contributed by atoms with Gasteiger partial charge in [0.2, 0.25) is 17.8 Å². The van der Waals surface area contributed by atoms with E-state index in [0.717, 1.165) is 181 Å². The van der Waals surface area contributed by atoms with Gasteiger partial charge in [0.1, 0.15) is 37.3 Å². The van der Waals surface area contributed by atoms with Crippen molar-refractivity contribution in [1.29, 1.82) is 0 Å². The number of anilines is 3. The average molecular weight is 1240 g/mol. The highest BCUT2D eigenvalue weighted by Crippen LogP contribution is 2.37. The molecule has 3 fully saturated rings. The minimum absolute atomic E-state index is 0.116. The molecule has 93 heavy (non-hydrogen) atoms. The van der Waals surface area contributed by atoms with Crippen molar-refractivity contribution in [2.45, 2.75) is 37.9 Å². The summed E-state index contributed by atoms with van der Waals surface area (Å²) in [5, 5.41) is 0. The molecule has 0 radical (unpaired) electrons. The fourth-order valence-electron chi connectivity index (χ4n) is 13.3. The number of fused-ring (bicyclic) bond motifs is 9. The molecule has 0 N–H and O–H groups in total. The summed E-state index contributed by atoms with van der Waals surface area (Å²) in [4.78, 5) is 48.6. The molecule has 3 atom stereocenters. The van der Waals surface area contributed by atoms with Crippen LogP contribution in [-0.4, -0.2) is 157 Å². The molecule has 6 aromatic heterocycles. The van der Waals surface area contributed by atoms with Crippen LogP contribution in [-0.2, 0) is 48.2 Å². The van der Waals surface area contributed by atoms with E-state index in [2.05, 4.69) is 186 Å². The van der Waals surface area contributed by atoms with Gasteiger partial charge in [0, 0.05) is 93.1 Å². The number of morpholine rings is 3. The van der Waals surface area contributed by atoms with Crippen molar-refractivity contribution in [3.8, 4) is 33.4 Å². The third-order valence-corrected chi connectivity index (χ3v) is 18.1. The third kappa shape index (κ3) is 12.1. The number of imidazole rings is 3. The first-order valence-corrected chi connectivity index (χ1v) is 32.0. The first-order valence-electron chi connectivity index (χ1n) is 32.0. The van der Waals surface area contributed by atoms with Crippen molar-refractivity contribution in [3.05, 3.63) is 217 Å². The lowest BCUT2D eigenvalue weighted by Gasteiger charge is -2.27. The smallest absolute Gasteiger partial charge is 0.225 e. The van der Waals surface area contributed by atoms with Crippen LogP contribution in [0.4, 0.5) is 17.8 Å². The maximum Gasteiger partial charge on any atom is 0.225 e. The molecule has 3 saturated heterocycles. The lowest BCUT2D eigenvalue weighted by Crippen LogP contribution is -2.37. The Morgan fingerprint density at radius 2 is 0.559 bits per heavy atom. The molecule has 6 aromatic carbocycles. The van der Waals surface area contributed by atoms with Crippen LogP contribution in [0, 0.1) is 0 Å². The molecule has 0 amide bonds. The van der Waals surface area contributed by atoms with Gasteiger partial charge in [0.05, 0.1) is 111 Å². The molecule has 0 spiro atoms. The van der Waals surface area contributed by atoms with Crippen LogP contribution in [0.15, 0.2) is 183 Å². The Morgan fingerprint density at radius 3 is 0.828 bits per heavy atom. The van der Waals surface area contributed by atoms with E-state index in [0.29, 0.717) is 39.6 Å². The molecular weight excluding hydrogens is 1170 g/mol. The summed E-state index contributed by atoms with van der Waals surface area (Å²) < 4.78 is 40.8. The molecule has 1 unspecified atom stereocenters. The van der Waals surface area contributed by atoms with E-state index in [1.807, 2.05) is 55.4 Å². The summed E-state index contributed by atoms with van der Waals surface area (Å²) in [7, 11) is 0. The zero-order chi connectivity index (χ0) is 61.9. The Kier molecular flexibility index (Phi) is 16.5. The summed E-state index contributed by atoms with van der Waals surface area (Å²) in [5.74, 6) is 5.17. The maximum atomic E-state index is 5.86. The normalized spacial score (nSPS) is 18.8. The molecule has 6 aliphatic rings. The highest BCUT2D eigenvalue weighted by atomic mass is 16.5. The molecule has 21 heteroatoms. The highest BCUT2D eigenvalue weighted by molar-refractivity contribution is 5.85. The molecule has 0 saturated carbocycles. The number of hydrogen-bond acceptors (Lipinski definition) is 18. The van der Waals surface area contributed by atoms with Crippen LogP contribution in [0.2, 0.25) is 0 Å². The fraction of sp³-hybridized carbons (Fsp3) is 0.292. The number of benzene rings is 6. The van der Waals surface area contributed by atoms with Gasteiger partial charge >= 0.3 is 0 Å². The lowest BCUT2D eigenvalue weighted by molar-refractivity contribution is 0.0679. The van der Waals surface area contributed by atoms with E-state index in [4.69, 9.17) is 43.4 Å². The minimum Gasteiger partial charge on any atom is -0.378 e. The predicted molar refractivity (Wildman–Crippen MR) is 354 cm³/mol. The van der Waals surface area contributed by atoms with Crippen molar-refractivity contribution in [2.75, 3.05) is 113 Å². The van der Waals surface area contributed by atoms with Crippen LogP contribution in [0.5, 0.6) is 0 Å². The Balaban J connectivity index is 0.000000111. The summed E-state index contributed by atoms with van der Waals surface area (Å²) in [6.45, 7) is 12.8. The lowest BCUT2D eigenvalue weighted by atomic mass is 10.1. The largest absolute Gasteiger partial charge is 0.378 e. The summed E-state index contributed by atoms with van der Waals surface area (Å²) in [6.07, 6.45) is 11.4. The van der Waals surface area contributed by atoms with Crippen LogP contribution in [0.25, 0.3) is 66.5 Å². The Hall–Kier alpha value is -9.87. The van der Waals surface area contributed by atoms with E-state index in [1.54, 1.807) is 0 Å². The molecule has 468 valence electrons. The number of rotatable bonds is 9. The van der Waals surface area contributed by atoms with Crippen molar-refractivity contribution < 1.29 is 28.4 Å². The van der Waals surface area contributed by atoms with Gasteiger partial charge in [0.25, 0.3) is 0 Å². The van der Waals surface area contributed by atoms with E-state index in [1.165, 1.54) is 16.7 Å². The Bertz CT molecular complexity index is 4060. The number of nitrogens with zero attached hydrogens (tertiary/aromatic N) is 15. The SMILES string of the molecule is c1ccc(C2COCc3nc4ccc(-c5cnc(N6CCOCC6)nc5)cc4n32)cc1.c1ccc([C@@H]2COCc3nc4ccc(-c5cnc(N6CCOCC6)nc5)cc4n32)cc1.c1ccc([C@H]2COCc3nc4ccc(-c5cnc(N6CCOCC6)nc5)cc4n32)cc1. The van der Waals surface area contributed by atoms with Gasteiger partial charge in [-0.1, -0.05) is 109 Å². The quantitative estimate of drug-likeness (QED) is 0.132. The van der Waals surface area contributed by atoms with Crippen molar-refractivity contribution in [2.24, 2.45) is 0 Å². The Morgan fingerprint density at radius 1 is 0.290 bits per heavy atom. The molecule has 18 rings (SSSR count). The molecule has 0 bridgehead atoms. The van der Waals surface area contributed by atoms with E-state index < -0.39 is 0 Å². The maximum absolute atomic E-state index is 5.86. The third-order valence-electron chi connectivity index (χ3n) is 18.1. The van der Waals surface area contributed by atoms with Gasteiger partial charge < -0.3 is 56.8 Å². The predicted octanol–water partition coefficient (Wildman–Crippen LogP) is 10.3. The first kappa shape index (κ1) is 58.2. The second kappa shape index (κ2) is 26.4. The molecule has 6 aliphatic heterocycles. The van der Waals surface area contributed by atoms with Gasteiger partial charge in [-0.05, 0) is 69.8 Å². The van der Waals surface area contributed by atoms with E-state index in [9.17, 15) is 0 Å². The van der Waals surface area contributed by atoms with E-state index in [-0.39, 0.29) is 18.1 Å². The van der Waals surface area contributed by atoms with Gasteiger partial charge in [0.15, 0.2) is 0 Å². The van der Waals surface area contributed by atoms with Crippen molar-refractivity contribution in [1.82, 2.24) is 58.6 Å². The number of ether oxygens (including phenoxy) is 6. The summed E-state index contributed by atoms with van der Waals surface area (Å²) >= 11 is 0.